The van der Waals surface area contributed by atoms with Gasteiger partial charge in [-0.05, 0) is 40.1 Å². The number of hydrogen-bond donors (Lipinski definition) is 0. The van der Waals surface area contributed by atoms with Gasteiger partial charge in [0.2, 0.25) is 0 Å². The summed E-state index contributed by atoms with van der Waals surface area (Å²) in [4.78, 5) is 0. The van der Waals surface area contributed by atoms with Crippen LogP contribution in [0.2, 0.25) is 0 Å². The van der Waals surface area contributed by atoms with Crippen LogP contribution >= 0.6 is 22.6 Å². The molecule has 0 N–H and O–H groups in total. The van der Waals surface area contributed by atoms with E-state index in [2.05, 4.69) is 22.6 Å². The summed E-state index contributed by atoms with van der Waals surface area (Å²) in [6, 6.07) is 11.2. The van der Waals surface area contributed by atoms with Gasteiger partial charge in [0.15, 0.2) is 5.75 Å². The first-order valence-electron chi connectivity index (χ1n) is 3.63. The van der Waals surface area contributed by atoms with E-state index < -0.39 is 0 Å². The fourth-order valence-electron chi connectivity index (χ4n) is 1.26. The maximum atomic E-state index is 11.4. The van der Waals surface area contributed by atoms with Gasteiger partial charge in [-0.3, -0.25) is 5.11 Å². The first-order chi connectivity index (χ1) is 5.79. The summed E-state index contributed by atoms with van der Waals surface area (Å²) in [5, 5.41) is 13.3. The van der Waals surface area contributed by atoms with E-state index in [1.165, 1.54) is 0 Å². The lowest BCUT2D eigenvalue weighted by Gasteiger charge is -1.99. The summed E-state index contributed by atoms with van der Waals surface area (Å²) in [6.07, 6.45) is 0. The minimum atomic E-state index is 0.109. The molecule has 0 aliphatic carbocycles. The second-order valence-corrected chi connectivity index (χ2v) is 3.76. The molecule has 0 saturated carbocycles. The lowest BCUT2D eigenvalue weighted by molar-refractivity contribution is 0.360. The maximum absolute atomic E-state index is 11.4. The van der Waals surface area contributed by atoms with Crippen LogP contribution in [0.25, 0.3) is 10.8 Å². The summed E-state index contributed by atoms with van der Waals surface area (Å²) >= 11 is 2.18. The van der Waals surface area contributed by atoms with Gasteiger partial charge in [-0.1, -0.05) is 24.3 Å². The molecule has 0 spiro atoms. The normalized spacial score (nSPS) is 10.4. The highest BCUT2D eigenvalue weighted by atomic mass is 127. The minimum Gasteiger partial charge on any atom is -0.289 e. The van der Waals surface area contributed by atoms with E-state index in [0.29, 0.717) is 0 Å². The topological polar surface area (TPSA) is 19.9 Å². The van der Waals surface area contributed by atoms with Crippen LogP contribution in [0.4, 0.5) is 0 Å². The van der Waals surface area contributed by atoms with Crippen LogP contribution in [0.5, 0.6) is 5.75 Å². The Morgan fingerprint density at radius 3 is 2.33 bits per heavy atom. The summed E-state index contributed by atoms with van der Waals surface area (Å²) in [7, 11) is 0. The van der Waals surface area contributed by atoms with Gasteiger partial charge < -0.3 is 0 Å². The minimum absolute atomic E-state index is 0.109. The van der Waals surface area contributed by atoms with Gasteiger partial charge in [0, 0.05) is 8.96 Å². The van der Waals surface area contributed by atoms with Crippen LogP contribution < -0.4 is 0 Å². The van der Waals surface area contributed by atoms with Crippen molar-refractivity contribution in [3.8, 4) is 5.75 Å². The zero-order valence-corrected chi connectivity index (χ0v) is 8.41. The summed E-state index contributed by atoms with van der Waals surface area (Å²) in [5.41, 5.74) is 0. The Morgan fingerprint density at radius 1 is 1.00 bits per heavy atom. The molecule has 0 aliphatic rings. The van der Waals surface area contributed by atoms with Crippen molar-refractivity contribution < 1.29 is 5.11 Å². The Morgan fingerprint density at radius 2 is 1.67 bits per heavy atom. The molecule has 0 atom stereocenters. The zero-order valence-electron chi connectivity index (χ0n) is 6.25. The largest absolute Gasteiger partial charge is 0.289 e. The second-order valence-electron chi connectivity index (χ2n) is 2.59. The van der Waals surface area contributed by atoms with E-state index in [1.807, 2.05) is 24.3 Å². The molecule has 1 nitrogen and oxygen atoms in total. The average Bonchev–Trinajstić information content (AvgIpc) is 2.04. The van der Waals surface area contributed by atoms with Gasteiger partial charge in [-0.15, -0.1) is 0 Å². The fourth-order valence-corrected chi connectivity index (χ4v) is 2.05. The van der Waals surface area contributed by atoms with Crippen molar-refractivity contribution in [1.82, 2.24) is 0 Å². The van der Waals surface area contributed by atoms with Crippen molar-refractivity contribution in [2.75, 3.05) is 0 Å². The fraction of sp³-hybridized carbons (Fsp3) is 0. The van der Waals surface area contributed by atoms with E-state index in [-0.39, 0.29) is 5.75 Å². The summed E-state index contributed by atoms with van der Waals surface area (Å²) in [5.74, 6) is 0.109. The van der Waals surface area contributed by atoms with E-state index in [4.69, 9.17) is 0 Å². The van der Waals surface area contributed by atoms with Gasteiger partial charge in [-0.2, -0.15) is 0 Å². The van der Waals surface area contributed by atoms with Gasteiger partial charge in [0.05, 0.1) is 0 Å². The van der Waals surface area contributed by atoms with Crippen LogP contribution in [-0.2, 0) is 5.11 Å². The molecule has 0 bridgehead atoms. The predicted molar refractivity (Wildman–Crippen MR) is 56.8 cm³/mol. The number of hydrogen-bond acceptors (Lipinski definition) is 0. The molecular formula is C10H6IO. The molecule has 1 radical (unpaired) electrons. The molecule has 2 heteroatoms. The highest BCUT2D eigenvalue weighted by Gasteiger charge is 2.02. The van der Waals surface area contributed by atoms with Gasteiger partial charge >= 0.3 is 0 Å². The smallest absolute Gasteiger partial charge is 0.187 e. The maximum Gasteiger partial charge on any atom is 0.187 e. The predicted octanol–water partition coefficient (Wildman–Crippen LogP) is 3.59. The molecule has 2 rings (SSSR count). The van der Waals surface area contributed by atoms with E-state index in [1.54, 1.807) is 12.1 Å². The van der Waals surface area contributed by atoms with Crippen LogP contribution in [0.3, 0.4) is 0 Å². The first-order valence-corrected chi connectivity index (χ1v) is 4.71. The van der Waals surface area contributed by atoms with Crippen molar-refractivity contribution >= 4 is 33.4 Å². The summed E-state index contributed by atoms with van der Waals surface area (Å²) in [6.45, 7) is 0. The number of halogens is 1. The lowest BCUT2D eigenvalue weighted by Crippen LogP contribution is -1.76. The standard InChI is InChI=1S/C10H6IO/c11-8-5-1-3-7-4-2-6-9(12)10(7)8/h1-6H. The molecule has 0 unspecified atom stereocenters. The van der Waals surface area contributed by atoms with Crippen LogP contribution in [-0.4, -0.2) is 0 Å². The molecule has 0 fully saturated rings. The van der Waals surface area contributed by atoms with Crippen LogP contribution in [0.1, 0.15) is 0 Å². The Bertz CT molecular complexity index is 386. The van der Waals surface area contributed by atoms with Gasteiger partial charge in [-0.25, -0.2) is 0 Å². The molecule has 12 heavy (non-hydrogen) atoms. The van der Waals surface area contributed by atoms with E-state index in [0.717, 1.165) is 14.3 Å². The molecule has 2 aromatic rings. The van der Waals surface area contributed by atoms with Crippen LogP contribution in [0.15, 0.2) is 36.4 Å². The van der Waals surface area contributed by atoms with Crippen molar-refractivity contribution in [1.29, 1.82) is 0 Å². The number of benzene rings is 2. The highest BCUT2D eigenvalue weighted by molar-refractivity contribution is 14.1. The quantitative estimate of drug-likeness (QED) is 0.651. The molecule has 2 aromatic carbocycles. The Labute approximate surface area is 84.2 Å². The average molecular weight is 269 g/mol. The zero-order chi connectivity index (χ0) is 8.55. The molecule has 0 aliphatic heterocycles. The number of fused-ring (bicyclic) bond motifs is 1. The van der Waals surface area contributed by atoms with Crippen LogP contribution in [0, 0.1) is 3.57 Å². The second kappa shape index (κ2) is 2.94. The Kier molecular flexibility index (Phi) is 1.92. The van der Waals surface area contributed by atoms with Crippen molar-refractivity contribution in [3.05, 3.63) is 40.0 Å². The Hall–Kier alpha value is -0.770. The molecular weight excluding hydrogens is 263 g/mol. The van der Waals surface area contributed by atoms with Crippen molar-refractivity contribution in [2.45, 2.75) is 0 Å². The summed E-state index contributed by atoms with van der Waals surface area (Å²) < 4.78 is 1.02. The third-order valence-electron chi connectivity index (χ3n) is 1.82. The Balaban J connectivity index is 2.96. The monoisotopic (exact) mass is 269 g/mol. The third-order valence-corrected chi connectivity index (χ3v) is 2.71. The van der Waals surface area contributed by atoms with Gasteiger partial charge in [0.25, 0.3) is 0 Å². The molecule has 0 heterocycles. The van der Waals surface area contributed by atoms with Gasteiger partial charge in [0.1, 0.15) is 0 Å². The van der Waals surface area contributed by atoms with E-state index >= 15 is 0 Å². The lowest BCUT2D eigenvalue weighted by atomic mass is 10.1. The SMILES string of the molecule is [O]c1cccc2cccc(I)c12. The third kappa shape index (κ3) is 1.16. The molecule has 0 saturated heterocycles. The van der Waals surface area contributed by atoms with Crippen molar-refractivity contribution in [3.63, 3.8) is 0 Å². The highest BCUT2D eigenvalue weighted by Crippen LogP contribution is 2.28. The first kappa shape index (κ1) is 7.86. The molecule has 0 amide bonds. The van der Waals surface area contributed by atoms with Crippen molar-refractivity contribution in [2.24, 2.45) is 0 Å². The molecule has 0 aromatic heterocycles. The van der Waals surface area contributed by atoms with E-state index in [9.17, 15) is 5.11 Å². The molecule has 59 valence electrons. The number of rotatable bonds is 0.